The van der Waals surface area contributed by atoms with Crippen molar-refractivity contribution in [2.75, 3.05) is 5.32 Å². The Kier molecular flexibility index (Phi) is 3.72. The van der Waals surface area contributed by atoms with Crippen molar-refractivity contribution >= 4 is 33.5 Å². The smallest absolute Gasteiger partial charge is 0.347 e. The van der Waals surface area contributed by atoms with Gasteiger partial charge in [-0.3, -0.25) is 9.48 Å². The fraction of sp³-hybridized carbons (Fsp3) is 0.0556. The Morgan fingerprint density at radius 3 is 2.77 bits per heavy atom. The third-order valence-corrected chi connectivity index (χ3v) is 3.90. The summed E-state index contributed by atoms with van der Waals surface area (Å²) in [5.41, 5.74) is 0.121. The minimum absolute atomic E-state index is 0.141. The molecule has 0 saturated carbocycles. The zero-order chi connectivity index (χ0) is 18.3. The van der Waals surface area contributed by atoms with Crippen LogP contribution in [0.2, 0.25) is 0 Å². The zero-order valence-corrected chi connectivity index (χ0v) is 13.2. The predicted octanol–water partition coefficient (Wildman–Crippen LogP) is 3.06. The van der Waals surface area contributed by atoms with Crippen LogP contribution < -0.4 is 10.9 Å². The number of para-hydroxylation sites is 1. The number of rotatable bonds is 3. The highest BCUT2D eigenvalue weighted by atomic mass is 19.1. The zero-order valence-electron chi connectivity index (χ0n) is 13.2. The number of hydrogen-bond donors (Lipinski definition) is 1. The van der Waals surface area contributed by atoms with Gasteiger partial charge in [-0.1, -0.05) is 12.1 Å². The van der Waals surface area contributed by atoms with Gasteiger partial charge in [0.2, 0.25) is 5.91 Å². The van der Waals surface area contributed by atoms with Crippen molar-refractivity contribution in [3.8, 4) is 0 Å². The van der Waals surface area contributed by atoms with Gasteiger partial charge < -0.3 is 9.73 Å². The average molecular weight is 355 g/mol. The maximum atomic E-state index is 13.7. The van der Waals surface area contributed by atoms with Gasteiger partial charge in [-0.05, 0) is 24.3 Å². The number of aromatic nitrogens is 2. The molecule has 2 aromatic carbocycles. The number of nitrogens with zero attached hydrogens (tertiary/aromatic N) is 2. The van der Waals surface area contributed by atoms with Gasteiger partial charge in [0.25, 0.3) is 0 Å². The molecule has 130 valence electrons. The van der Waals surface area contributed by atoms with E-state index in [1.54, 1.807) is 24.3 Å². The van der Waals surface area contributed by atoms with E-state index in [2.05, 4.69) is 10.4 Å². The summed E-state index contributed by atoms with van der Waals surface area (Å²) >= 11 is 0. The molecule has 0 unspecified atom stereocenters. The summed E-state index contributed by atoms with van der Waals surface area (Å²) < 4.78 is 33.2. The molecule has 0 fully saturated rings. The van der Waals surface area contributed by atoms with Crippen molar-refractivity contribution in [1.82, 2.24) is 9.78 Å². The molecule has 0 aliphatic heterocycles. The Labute approximate surface area is 144 Å². The second-order valence-corrected chi connectivity index (χ2v) is 5.62. The third kappa shape index (κ3) is 2.71. The lowest BCUT2D eigenvalue weighted by atomic mass is 10.2. The van der Waals surface area contributed by atoms with E-state index in [4.69, 9.17) is 4.42 Å². The van der Waals surface area contributed by atoms with E-state index < -0.39 is 23.2 Å². The summed E-state index contributed by atoms with van der Waals surface area (Å²) in [6.07, 6.45) is 1.32. The Morgan fingerprint density at radius 2 is 1.96 bits per heavy atom. The fourth-order valence-electron chi connectivity index (χ4n) is 2.76. The molecule has 0 bridgehead atoms. The van der Waals surface area contributed by atoms with Crippen LogP contribution in [0.25, 0.3) is 21.9 Å². The van der Waals surface area contributed by atoms with Crippen LogP contribution in [0.5, 0.6) is 0 Å². The lowest BCUT2D eigenvalue weighted by Gasteiger charge is -2.08. The minimum atomic E-state index is -0.880. The second-order valence-electron chi connectivity index (χ2n) is 5.62. The number of hydrogen-bond acceptors (Lipinski definition) is 4. The average Bonchev–Trinajstić information content (AvgIpc) is 3.02. The van der Waals surface area contributed by atoms with Crippen molar-refractivity contribution in [2.45, 2.75) is 6.54 Å². The molecule has 4 aromatic rings. The summed E-state index contributed by atoms with van der Waals surface area (Å²) in [5, 5.41) is 7.29. The molecular weight excluding hydrogens is 344 g/mol. The first-order valence-electron chi connectivity index (χ1n) is 7.65. The molecule has 0 radical (unpaired) electrons. The molecule has 2 heterocycles. The summed E-state index contributed by atoms with van der Waals surface area (Å²) in [7, 11) is 0. The Hall–Kier alpha value is -3.55. The van der Waals surface area contributed by atoms with Gasteiger partial charge in [0, 0.05) is 11.5 Å². The van der Waals surface area contributed by atoms with Crippen molar-refractivity contribution in [1.29, 1.82) is 0 Å². The molecule has 1 N–H and O–H groups in total. The molecule has 26 heavy (non-hydrogen) atoms. The van der Waals surface area contributed by atoms with Crippen LogP contribution in [-0.2, 0) is 11.3 Å². The Bertz CT molecular complexity index is 1210. The van der Waals surface area contributed by atoms with E-state index in [0.717, 1.165) is 12.1 Å². The first kappa shape index (κ1) is 15.9. The lowest BCUT2D eigenvalue weighted by molar-refractivity contribution is -0.116. The topological polar surface area (TPSA) is 77.1 Å². The fourth-order valence-corrected chi connectivity index (χ4v) is 2.76. The third-order valence-electron chi connectivity index (χ3n) is 3.90. The molecule has 0 aliphatic rings. The number of nitrogens with one attached hydrogen (secondary N) is 1. The van der Waals surface area contributed by atoms with Crippen LogP contribution in [0.15, 0.2) is 57.9 Å². The Morgan fingerprint density at radius 1 is 1.15 bits per heavy atom. The molecular formula is C18H11F2N3O3. The quantitative estimate of drug-likeness (QED) is 0.573. The molecule has 0 aliphatic carbocycles. The van der Waals surface area contributed by atoms with Crippen LogP contribution >= 0.6 is 0 Å². The van der Waals surface area contributed by atoms with Crippen LogP contribution in [0.4, 0.5) is 14.5 Å². The van der Waals surface area contributed by atoms with E-state index in [-0.39, 0.29) is 17.6 Å². The highest BCUT2D eigenvalue weighted by molar-refractivity contribution is 6.02. The first-order chi connectivity index (χ1) is 12.5. The number of fused-ring (bicyclic) bond motifs is 3. The van der Waals surface area contributed by atoms with Crippen molar-refractivity contribution in [2.24, 2.45) is 0 Å². The van der Waals surface area contributed by atoms with Gasteiger partial charge in [-0.2, -0.15) is 5.10 Å². The van der Waals surface area contributed by atoms with Gasteiger partial charge in [0.15, 0.2) is 0 Å². The molecule has 4 rings (SSSR count). The molecule has 0 saturated heterocycles. The summed E-state index contributed by atoms with van der Waals surface area (Å²) in [4.78, 5) is 24.3. The number of amides is 1. The maximum Gasteiger partial charge on any atom is 0.347 e. The number of carbonyl (C=O) groups excluding carboxylic acids is 1. The number of carbonyl (C=O) groups is 1. The van der Waals surface area contributed by atoms with E-state index in [9.17, 15) is 18.4 Å². The summed E-state index contributed by atoms with van der Waals surface area (Å²) in [6, 6.07) is 9.73. The lowest BCUT2D eigenvalue weighted by Crippen LogP contribution is -2.20. The van der Waals surface area contributed by atoms with Crippen molar-refractivity contribution in [3.63, 3.8) is 0 Å². The summed E-state index contributed by atoms with van der Waals surface area (Å²) in [5.74, 6) is -2.19. The molecule has 0 atom stereocenters. The normalized spacial score (nSPS) is 11.2. The van der Waals surface area contributed by atoms with Crippen LogP contribution in [0.1, 0.15) is 0 Å². The van der Waals surface area contributed by atoms with E-state index >= 15 is 0 Å². The van der Waals surface area contributed by atoms with Gasteiger partial charge in [-0.15, -0.1) is 0 Å². The van der Waals surface area contributed by atoms with Gasteiger partial charge in [0.05, 0.1) is 17.4 Å². The van der Waals surface area contributed by atoms with Gasteiger partial charge in [0.1, 0.15) is 29.1 Å². The van der Waals surface area contributed by atoms with Gasteiger partial charge >= 0.3 is 5.63 Å². The molecule has 6 nitrogen and oxygen atoms in total. The number of anilines is 1. The largest absolute Gasteiger partial charge is 0.422 e. The highest BCUT2D eigenvalue weighted by Gasteiger charge is 2.15. The second kappa shape index (κ2) is 6.07. The van der Waals surface area contributed by atoms with Crippen molar-refractivity contribution in [3.05, 3.63) is 70.7 Å². The van der Waals surface area contributed by atoms with Crippen LogP contribution in [0.3, 0.4) is 0 Å². The van der Waals surface area contributed by atoms with Crippen molar-refractivity contribution < 1.29 is 18.0 Å². The standard InChI is InChI=1S/C18H11F2N3O3/c19-10-5-6-14(13(20)7-10)22-16(24)9-23-17-11-3-1-2-4-15(11)26-18(25)12(17)8-21-23/h1-8H,9H2,(H,22,24). The molecule has 2 aromatic heterocycles. The maximum absolute atomic E-state index is 13.7. The monoisotopic (exact) mass is 355 g/mol. The SMILES string of the molecule is O=C(Cn1ncc2c(=O)oc3ccccc3c21)Nc1ccc(F)cc1F. The molecule has 1 amide bonds. The van der Waals surface area contributed by atoms with Crippen LogP contribution in [-0.4, -0.2) is 15.7 Å². The number of benzene rings is 2. The van der Waals surface area contributed by atoms with E-state index in [1.807, 2.05) is 0 Å². The number of halogens is 2. The highest BCUT2D eigenvalue weighted by Crippen LogP contribution is 2.22. The Balaban J connectivity index is 1.71. The van der Waals surface area contributed by atoms with E-state index in [0.29, 0.717) is 22.6 Å². The predicted molar refractivity (Wildman–Crippen MR) is 90.8 cm³/mol. The minimum Gasteiger partial charge on any atom is -0.422 e. The van der Waals surface area contributed by atoms with Gasteiger partial charge in [-0.25, -0.2) is 13.6 Å². The molecule has 8 heteroatoms. The summed E-state index contributed by atoms with van der Waals surface area (Å²) in [6.45, 7) is -0.256. The van der Waals surface area contributed by atoms with Crippen LogP contribution in [0, 0.1) is 11.6 Å². The molecule has 0 spiro atoms. The first-order valence-corrected chi connectivity index (χ1v) is 7.65. The van der Waals surface area contributed by atoms with E-state index in [1.165, 1.54) is 10.9 Å².